The van der Waals surface area contributed by atoms with E-state index in [0.29, 0.717) is 6.54 Å². The smallest absolute Gasteiger partial charge is 0.179 e. The van der Waals surface area contributed by atoms with E-state index in [0.717, 1.165) is 22.6 Å². The van der Waals surface area contributed by atoms with Crippen molar-refractivity contribution in [2.75, 3.05) is 7.05 Å². The lowest BCUT2D eigenvalue weighted by Gasteiger charge is -2.22. The van der Waals surface area contributed by atoms with Crippen LogP contribution in [0.15, 0.2) is 40.8 Å². The lowest BCUT2D eigenvalue weighted by atomic mass is 10.0. The zero-order valence-corrected chi connectivity index (χ0v) is 12.5. The van der Waals surface area contributed by atoms with Crippen LogP contribution in [-0.2, 0) is 6.54 Å². The molecule has 1 unspecified atom stereocenters. The topological polar surface area (TPSA) is 33.5 Å². The Morgan fingerprint density at radius 1 is 1.15 bits per heavy atom. The Morgan fingerprint density at radius 3 is 2.35 bits per heavy atom. The molecule has 1 aromatic carbocycles. The molecule has 1 aromatic heterocycles. The number of carbonyl (C=O) groups excluding carboxylic acids is 1. The number of carbonyl (C=O) groups is 1. The third-order valence-corrected chi connectivity index (χ3v) is 3.58. The summed E-state index contributed by atoms with van der Waals surface area (Å²) in [7, 11) is 1.94. The molecule has 0 amide bonds. The highest BCUT2D eigenvalue weighted by molar-refractivity contribution is 5.99. The molecule has 2 aromatic rings. The molecule has 0 spiro atoms. The van der Waals surface area contributed by atoms with Crippen LogP contribution in [0.4, 0.5) is 0 Å². The van der Waals surface area contributed by atoms with Crippen LogP contribution in [0, 0.1) is 13.8 Å². The van der Waals surface area contributed by atoms with Gasteiger partial charge in [0.2, 0.25) is 0 Å². The van der Waals surface area contributed by atoms with Crippen molar-refractivity contribution in [3.05, 3.63) is 59.0 Å². The second kappa shape index (κ2) is 6.06. The largest absolute Gasteiger partial charge is 0.465 e. The molecule has 106 valence electrons. The van der Waals surface area contributed by atoms with Crippen molar-refractivity contribution < 1.29 is 9.21 Å². The third kappa shape index (κ3) is 3.36. The first-order valence-corrected chi connectivity index (χ1v) is 6.84. The minimum atomic E-state index is -0.178. The van der Waals surface area contributed by atoms with E-state index in [2.05, 4.69) is 0 Å². The summed E-state index contributed by atoms with van der Waals surface area (Å²) in [6, 6.07) is 11.4. The molecule has 0 saturated heterocycles. The maximum atomic E-state index is 12.4. The van der Waals surface area contributed by atoms with Gasteiger partial charge in [0, 0.05) is 5.56 Å². The van der Waals surface area contributed by atoms with Gasteiger partial charge in [0.15, 0.2) is 5.78 Å². The van der Waals surface area contributed by atoms with Gasteiger partial charge >= 0.3 is 0 Å². The fourth-order valence-corrected chi connectivity index (χ4v) is 2.11. The summed E-state index contributed by atoms with van der Waals surface area (Å²) < 4.78 is 5.55. The standard InChI is InChI=1S/C17H21NO2/c1-12-5-8-15(9-6-12)17(19)14(3)18(4)11-16-10-7-13(2)20-16/h5-10,14H,11H2,1-4H3. The summed E-state index contributed by atoms with van der Waals surface area (Å²) in [5.74, 6) is 1.91. The maximum Gasteiger partial charge on any atom is 0.179 e. The Kier molecular flexibility index (Phi) is 4.40. The molecule has 0 aliphatic rings. The second-order valence-electron chi connectivity index (χ2n) is 5.33. The number of furan rings is 1. The van der Waals surface area contributed by atoms with Gasteiger partial charge in [-0.1, -0.05) is 29.8 Å². The summed E-state index contributed by atoms with van der Waals surface area (Å²) in [6.45, 7) is 6.50. The summed E-state index contributed by atoms with van der Waals surface area (Å²) >= 11 is 0. The number of rotatable bonds is 5. The van der Waals surface area contributed by atoms with Crippen molar-refractivity contribution in [2.45, 2.75) is 33.4 Å². The van der Waals surface area contributed by atoms with Crippen LogP contribution in [0.25, 0.3) is 0 Å². The van der Waals surface area contributed by atoms with Crippen LogP contribution < -0.4 is 0 Å². The molecule has 1 atom stereocenters. The molecule has 0 aliphatic heterocycles. The lowest BCUT2D eigenvalue weighted by molar-refractivity contribution is 0.0855. The van der Waals surface area contributed by atoms with E-state index >= 15 is 0 Å². The van der Waals surface area contributed by atoms with Gasteiger partial charge in [-0.05, 0) is 40.0 Å². The van der Waals surface area contributed by atoms with Gasteiger partial charge in [0.1, 0.15) is 11.5 Å². The first-order valence-electron chi connectivity index (χ1n) is 6.84. The van der Waals surface area contributed by atoms with Gasteiger partial charge in [-0.3, -0.25) is 9.69 Å². The van der Waals surface area contributed by atoms with Gasteiger partial charge in [-0.25, -0.2) is 0 Å². The van der Waals surface area contributed by atoms with Gasteiger partial charge in [-0.2, -0.15) is 0 Å². The molecular formula is C17H21NO2. The predicted molar refractivity (Wildman–Crippen MR) is 79.9 cm³/mol. The number of aryl methyl sites for hydroxylation is 2. The Labute approximate surface area is 120 Å². The van der Waals surface area contributed by atoms with E-state index < -0.39 is 0 Å². The number of likely N-dealkylation sites (N-methyl/N-ethyl adjacent to an activating group) is 1. The number of ketones is 1. The minimum absolute atomic E-state index is 0.135. The fourth-order valence-electron chi connectivity index (χ4n) is 2.11. The van der Waals surface area contributed by atoms with Crippen LogP contribution in [0.1, 0.15) is 34.4 Å². The molecule has 0 N–H and O–H groups in total. The molecule has 0 bridgehead atoms. The van der Waals surface area contributed by atoms with Crippen molar-refractivity contribution in [3.63, 3.8) is 0 Å². The van der Waals surface area contributed by atoms with Gasteiger partial charge in [0.25, 0.3) is 0 Å². The molecule has 2 rings (SSSR count). The Bertz CT molecular complexity index is 583. The van der Waals surface area contributed by atoms with E-state index in [1.54, 1.807) is 0 Å². The molecule has 0 aliphatic carbocycles. The Hall–Kier alpha value is -1.87. The fraction of sp³-hybridized carbons (Fsp3) is 0.353. The second-order valence-corrected chi connectivity index (χ2v) is 5.33. The first-order chi connectivity index (χ1) is 9.47. The van der Waals surface area contributed by atoms with Gasteiger partial charge in [0.05, 0.1) is 12.6 Å². The van der Waals surface area contributed by atoms with Crippen molar-refractivity contribution in [2.24, 2.45) is 0 Å². The summed E-state index contributed by atoms with van der Waals surface area (Å²) in [6.07, 6.45) is 0. The van der Waals surface area contributed by atoms with E-state index in [-0.39, 0.29) is 11.8 Å². The van der Waals surface area contributed by atoms with Crippen LogP contribution >= 0.6 is 0 Å². The minimum Gasteiger partial charge on any atom is -0.465 e. The van der Waals surface area contributed by atoms with Gasteiger partial charge < -0.3 is 4.42 Å². The average Bonchev–Trinajstić information content (AvgIpc) is 2.83. The van der Waals surface area contributed by atoms with Crippen molar-refractivity contribution in [1.29, 1.82) is 0 Å². The lowest BCUT2D eigenvalue weighted by Crippen LogP contribution is -2.35. The molecule has 20 heavy (non-hydrogen) atoms. The zero-order chi connectivity index (χ0) is 14.7. The van der Waals surface area contributed by atoms with Crippen LogP contribution in [0.5, 0.6) is 0 Å². The highest BCUT2D eigenvalue weighted by Crippen LogP contribution is 2.14. The third-order valence-electron chi connectivity index (χ3n) is 3.58. The molecule has 0 radical (unpaired) electrons. The number of hydrogen-bond donors (Lipinski definition) is 0. The quantitative estimate of drug-likeness (QED) is 0.779. The number of benzene rings is 1. The van der Waals surface area contributed by atoms with Crippen LogP contribution in [0.3, 0.4) is 0 Å². The predicted octanol–water partition coefficient (Wildman–Crippen LogP) is 3.60. The first kappa shape index (κ1) is 14.5. The summed E-state index contributed by atoms with van der Waals surface area (Å²) in [5.41, 5.74) is 1.92. The number of nitrogens with zero attached hydrogens (tertiary/aromatic N) is 1. The van der Waals surface area contributed by atoms with Crippen molar-refractivity contribution in [1.82, 2.24) is 4.90 Å². The van der Waals surface area contributed by atoms with E-state index in [4.69, 9.17) is 4.42 Å². The molecule has 1 heterocycles. The van der Waals surface area contributed by atoms with Crippen molar-refractivity contribution in [3.8, 4) is 0 Å². The maximum absolute atomic E-state index is 12.4. The number of hydrogen-bond acceptors (Lipinski definition) is 3. The molecule has 3 nitrogen and oxygen atoms in total. The van der Waals surface area contributed by atoms with E-state index in [9.17, 15) is 4.79 Å². The molecular weight excluding hydrogens is 250 g/mol. The SMILES string of the molecule is Cc1ccc(C(=O)C(C)N(C)Cc2ccc(C)o2)cc1. The van der Waals surface area contributed by atoms with Crippen LogP contribution in [-0.4, -0.2) is 23.8 Å². The Morgan fingerprint density at radius 2 is 1.80 bits per heavy atom. The van der Waals surface area contributed by atoms with Crippen LogP contribution in [0.2, 0.25) is 0 Å². The monoisotopic (exact) mass is 271 g/mol. The summed E-state index contributed by atoms with van der Waals surface area (Å²) in [4.78, 5) is 14.4. The normalized spacial score (nSPS) is 12.7. The number of Topliss-reactive ketones (excluding diaryl/α,β-unsaturated/α-hetero) is 1. The highest BCUT2D eigenvalue weighted by atomic mass is 16.3. The van der Waals surface area contributed by atoms with Gasteiger partial charge in [-0.15, -0.1) is 0 Å². The molecule has 0 saturated carbocycles. The summed E-state index contributed by atoms with van der Waals surface area (Å²) in [5, 5.41) is 0. The molecule has 0 fully saturated rings. The average molecular weight is 271 g/mol. The zero-order valence-electron chi connectivity index (χ0n) is 12.5. The van der Waals surface area contributed by atoms with E-state index in [1.165, 1.54) is 0 Å². The Balaban J connectivity index is 2.04. The van der Waals surface area contributed by atoms with Crippen molar-refractivity contribution >= 4 is 5.78 Å². The molecule has 3 heteroatoms. The van der Waals surface area contributed by atoms with E-state index in [1.807, 2.05) is 69.1 Å². The highest BCUT2D eigenvalue weighted by Gasteiger charge is 2.20.